The van der Waals surface area contributed by atoms with Gasteiger partial charge in [0, 0.05) is 26.2 Å². The van der Waals surface area contributed by atoms with Gasteiger partial charge in [0.2, 0.25) is 5.89 Å². The number of oxazole rings is 1. The molecule has 0 spiro atoms. The molecule has 1 fully saturated rings. The van der Waals surface area contributed by atoms with E-state index in [1.165, 1.54) is 17.4 Å². The zero-order valence-electron chi connectivity index (χ0n) is 15.0. The molecular formula is C19H22N4O4. The summed E-state index contributed by atoms with van der Waals surface area (Å²) in [6.07, 6.45) is 2.05. The lowest BCUT2D eigenvalue weighted by molar-refractivity contribution is 0.0943. The van der Waals surface area contributed by atoms with Crippen LogP contribution in [0.5, 0.6) is 0 Å². The second-order valence-corrected chi connectivity index (χ2v) is 6.71. The minimum Gasteiger partial charge on any atom is -0.448 e. The average Bonchev–Trinajstić information content (AvgIpc) is 3.31. The Hall–Kier alpha value is -2.87. The maximum absolute atomic E-state index is 12.2. The molecule has 2 aliphatic rings. The fraction of sp³-hybridized carbons (Fsp3) is 0.421. The van der Waals surface area contributed by atoms with E-state index in [2.05, 4.69) is 39.5 Å². The number of carbonyl (C=O) groups excluding carboxylic acids is 2. The summed E-state index contributed by atoms with van der Waals surface area (Å²) >= 11 is 0. The maximum atomic E-state index is 12.2. The molecular weight excluding hydrogens is 348 g/mol. The number of benzene rings is 1. The molecule has 0 radical (unpaired) electrons. The summed E-state index contributed by atoms with van der Waals surface area (Å²) < 4.78 is 10.3. The van der Waals surface area contributed by atoms with Gasteiger partial charge in [-0.1, -0.05) is 24.3 Å². The van der Waals surface area contributed by atoms with Crippen molar-refractivity contribution in [2.24, 2.45) is 0 Å². The van der Waals surface area contributed by atoms with Crippen LogP contribution in [0.2, 0.25) is 0 Å². The smallest absolute Gasteiger partial charge is 0.409 e. The zero-order valence-corrected chi connectivity index (χ0v) is 15.0. The van der Waals surface area contributed by atoms with Gasteiger partial charge >= 0.3 is 6.09 Å². The minimum absolute atomic E-state index is 0.256. The number of nitrogens with one attached hydrogen (secondary N) is 1. The fourth-order valence-corrected chi connectivity index (χ4v) is 3.39. The quantitative estimate of drug-likeness (QED) is 0.827. The van der Waals surface area contributed by atoms with Crippen molar-refractivity contribution in [2.45, 2.75) is 19.5 Å². The van der Waals surface area contributed by atoms with Crippen molar-refractivity contribution in [3.63, 3.8) is 0 Å². The Balaban J connectivity index is 1.27. The highest BCUT2D eigenvalue weighted by molar-refractivity contribution is 5.91. The predicted octanol–water partition coefficient (Wildman–Crippen LogP) is 1.41. The van der Waals surface area contributed by atoms with Gasteiger partial charge in [0.05, 0.1) is 13.1 Å². The summed E-state index contributed by atoms with van der Waals surface area (Å²) in [6.45, 7) is 4.09. The van der Waals surface area contributed by atoms with Gasteiger partial charge in [-0.3, -0.25) is 9.69 Å². The SMILES string of the molecule is O=C(NCCN1CCOC1=O)c1coc(CN2CCc3ccccc3C2)n1. The summed E-state index contributed by atoms with van der Waals surface area (Å²) in [7, 11) is 0. The lowest BCUT2D eigenvalue weighted by Crippen LogP contribution is -2.35. The third-order valence-corrected chi connectivity index (χ3v) is 4.87. The fourth-order valence-electron chi connectivity index (χ4n) is 3.39. The lowest BCUT2D eigenvalue weighted by Gasteiger charge is -2.27. The Kier molecular flexibility index (Phi) is 5.06. The van der Waals surface area contributed by atoms with E-state index in [0.29, 0.717) is 38.7 Å². The minimum atomic E-state index is -0.337. The molecule has 1 N–H and O–H groups in total. The summed E-state index contributed by atoms with van der Waals surface area (Å²) in [5.74, 6) is 0.226. The first kappa shape index (κ1) is 17.5. The molecule has 8 nitrogen and oxygen atoms in total. The molecule has 0 atom stereocenters. The second kappa shape index (κ2) is 7.79. The largest absolute Gasteiger partial charge is 0.448 e. The van der Waals surface area contributed by atoms with E-state index in [9.17, 15) is 9.59 Å². The van der Waals surface area contributed by atoms with E-state index >= 15 is 0 Å². The van der Waals surface area contributed by atoms with E-state index in [0.717, 1.165) is 19.5 Å². The van der Waals surface area contributed by atoms with Gasteiger partial charge in [-0.05, 0) is 17.5 Å². The Labute approximate surface area is 157 Å². The molecule has 27 heavy (non-hydrogen) atoms. The molecule has 3 heterocycles. The number of hydrogen-bond acceptors (Lipinski definition) is 6. The number of carbonyl (C=O) groups is 2. The molecule has 0 unspecified atom stereocenters. The van der Waals surface area contributed by atoms with Crippen LogP contribution < -0.4 is 5.32 Å². The van der Waals surface area contributed by atoms with Crippen molar-refractivity contribution in [1.29, 1.82) is 0 Å². The Morgan fingerprint density at radius 3 is 2.89 bits per heavy atom. The van der Waals surface area contributed by atoms with Crippen molar-refractivity contribution in [2.75, 3.05) is 32.8 Å². The molecule has 2 amide bonds. The molecule has 0 bridgehead atoms. The summed E-state index contributed by atoms with van der Waals surface area (Å²) in [5, 5.41) is 2.75. The van der Waals surface area contributed by atoms with Crippen LogP contribution in [-0.4, -0.2) is 59.6 Å². The Morgan fingerprint density at radius 2 is 2.07 bits per heavy atom. The number of cyclic esters (lactones) is 1. The van der Waals surface area contributed by atoms with Gasteiger partial charge in [0.1, 0.15) is 12.9 Å². The summed E-state index contributed by atoms with van der Waals surface area (Å²) in [5.41, 5.74) is 2.98. The van der Waals surface area contributed by atoms with Gasteiger partial charge in [0.25, 0.3) is 5.91 Å². The standard InChI is InChI=1S/C19H22N4O4/c24-18(20-6-8-23-9-10-26-19(23)25)16-13-27-17(21-16)12-22-7-5-14-3-1-2-4-15(14)11-22/h1-4,13H,5-12H2,(H,20,24). The topological polar surface area (TPSA) is 87.9 Å². The van der Waals surface area contributed by atoms with Crippen LogP contribution in [0, 0.1) is 0 Å². The Bertz CT molecular complexity index is 835. The van der Waals surface area contributed by atoms with Crippen molar-refractivity contribution >= 4 is 12.0 Å². The van der Waals surface area contributed by atoms with Crippen LogP contribution in [0.3, 0.4) is 0 Å². The molecule has 142 valence electrons. The highest BCUT2D eigenvalue weighted by Gasteiger charge is 2.22. The van der Waals surface area contributed by atoms with E-state index in [1.54, 1.807) is 4.90 Å². The first-order chi connectivity index (χ1) is 13.2. The first-order valence-corrected chi connectivity index (χ1v) is 9.12. The Morgan fingerprint density at radius 1 is 1.22 bits per heavy atom. The highest BCUT2D eigenvalue weighted by atomic mass is 16.6. The number of aromatic nitrogens is 1. The van der Waals surface area contributed by atoms with Gasteiger partial charge in [-0.25, -0.2) is 9.78 Å². The van der Waals surface area contributed by atoms with Crippen LogP contribution >= 0.6 is 0 Å². The van der Waals surface area contributed by atoms with Crippen LogP contribution in [0.4, 0.5) is 4.79 Å². The van der Waals surface area contributed by atoms with Crippen LogP contribution in [0.15, 0.2) is 34.9 Å². The molecule has 8 heteroatoms. The van der Waals surface area contributed by atoms with Crippen LogP contribution in [-0.2, 0) is 24.2 Å². The van der Waals surface area contributed by atoms with E-state index in [4.69, 9.17) is 9.15 Å². The number of amides is 2. The molecule has 2 aromatic rings. The maximum Gasteiger partial charge on any atom is 0.409 e. The monoisotopic (exact) mass is 370 g/mol. The van der Waals surface area contributed by atoms with Gasteiger partial charge in [-0.15, -0.1) is 0 Å². The molecule has 4 rings (SSSR count). The van der Waals surface area contributed by atoms with Crippen molar-refractivity contribution in [3.05, 3.63) is 53.2 Å². The number of ether oxygens (including phenoxy) is 1. The second-order valence-electron chi connectivity index (χ2n) is 6.71. The predicted molar refractivity (Wildman–Crippen MR) is 96.0 cm³/mol. The lowest BCUT2D eigenvalue weighted by atomic mass is 10.00. The molecule has 2 aliphatic heterocycles. The van der Waals surface area contributed by atoms with Gasteiger partial charge < -0.3 is 19.4 Å². The number of hydrogen-bond donors (Lipinski definition) is 1. The third-order valence-electron chi connectivity index (χ3n) is 4.87. The van der Waals surface area contributed by atoms with E-state index < -0.39 is 0 Å². The molecule has 1 aromatic heterocycles. The molecule has 1 aromatic carbocycles. The third kappa shape index (κ3) is 4.11. The van der Waals surface area contributed by atoms with Crippen LogP contribution in [0.25, 0.3) is 0 Å². The van der Waals surface area contributed by atoms with Crippen LogP contribution in [0.1, 0.15) is 27.5 Å². The molecule has 0 saturated carbocycles. The first-order valence-electron chi connectivity index (χ1n) is 9.12. The van der Waals surface area contributed by atoms with Gasteiger partial charge in [-0.2, -0.15) is 0 Å². The number of fused-ring (bicyclic) bond motifs is 1. The van der Waals surface area contributed by atoms with Crippen molar-refractivity contribution in [3.8, 4) is 0 Å². The number of rotatable bonds is 6. The highest BCUT2D eigenvalue weighted by Crippen LogP contribution is 2.20. The van der Waals surface area contributed by atoms with E-state index in [1.807, 2.05) is 0 Å². The summed E-state index contributed by atoms with van der Waals surface area (Å²) in [6, 6.07) is 8.44. The van der Waals surface area contributed by atoms with Gasteiger partial charge in [0.15, 0.2) is 5.69 Å². The molecule has 1 saturated heterocycles. The normalized spacial score (nSPS) is 16.9. The number of nitrogens with zero attached hydrogens (tertiary/aromatic N) is 3. The summed E-state index contributed by atoms with van der Waals surface area (Å²) in [4.78, 5) is 31.7. The zero-order chi connectivity index (χ0) is 18.6. The van der Waals surface area contributed by atoms with E-state index in [-0.39, 0.29) is 17.7 Å². The molecule has 0 aliphatic carbocycles. The van der Waals surface area contributed by atoms with Crippen molar-refractivity contribution < 1.29 is 18.7 Å². The van der Waals surface area contributed by atoms with Crippen molar-refractivity contribution in [1.82, 2.24) is 20.1 Å². The average molecular weight is 370 g/mol.